The highest BCUT2D eigenvalue weighted by molar-refractivity contribution is 5.69. The molecule has 3 aliphatic rings. The number of nitrogens with zero attached hydrogens (tertiary/aromatic N) is 1. The molecule has 7 nitrogen and oxygen atoms in total. The molecule has 0 aromatic heterocycles. The average molecular weight is 507 g/mol. The van der Waals surface area contributed by atoms with Crippen LogP contribution in [-0.4, -0.2) is 55.3 Å². The van der Waals surface area contributed by atoms with Gasteiger partial charge in [-0.3, -0.25) is 4.79 Å². The molecule has 0 bridgehead atoms. The zero-order chi connectivity index (χ0) is 25.9. The average Bonchev–Trinajstić information content (AvgIpc) is 3.72. The van der Waals surface area contributed by atoms with Gasteiger partial charge in [0.05, 0.1) is 5.60 Å². The van der Waals surface area contributed by atoms with Crippen molar-refractivity contribution in [3.05, 3.63) is 65.7 Å². The number of carbonyl (C=O) groups is 2. The monoisotopic (exact) mass is 506 g/mol. The minimum atomic E-state index is -0.395. The Morgan fingerprint density at radius 1 is 1.05 bits per heavy atom. The lowest BCUT2D eigenvalue weighted by molar-refractivity contribution is -0.149. The van der Waals surface area contributed by atoms with E-state index in [0.29, 0.717) is 5.75 Å². The van der Waals surface area contributed by atoms with Gasteiger partial charge in [0.25, 0.3) is 0 Å². The fourth-order valence-corrected chi connectivity index (χ4v) is 6.49. The summed E-state index contributed by atoms with van der Waals surface area (Å²) in [5, 5.41) is 3.14. The van der Waals surface area contributed by atoms with Gasteiger partial charge in [-0.05, 0) is 74.2 Å². The van der Waals surface area contributed by atoms with Crippen molar-refractivity contribution >= 4 is 12.1 Å². The predicted octanol–water partition coefficient (Wildman–Crippen LogP) is 4.83. The lowest BCUT2D eigenvalue weighted by Crippen LogP contribution is -2.68. The fraction of sp³-hybridized carbons (Fsp3) is 0.533. The van der Waals surface area contributed by atoms with Crippen molar-refractivity contribution in [1.82, 2.24) is 10.2 Å². The molecule has 3 atom stereocenters. The van der Waals surface area contributed by atoms with E-state index in [0.717, 1.165) is 62.4 Å². The minimum absolute atomic E-state index is 0.0427. The van der Waals surface area contributed by atoms with Gasteiger partial charge in [-0.1, -0.05) is 42.5 Å². The number of ether oxygens (including phenoxy) is 3. The third kappa shape index (κ3) is 5.68. The summed E-state index contributed by atoms with van der Waals surface area (Å²) in [5.74, 6) is 1.02. The van der Waals surface area contributed by atoms with Crippen molar-refractivity contribution in [3.8, 4) is 5.75 Å². The molecule has 5 rings (SSSR count). The van der Waals surface area contributed by atoms with Gasteiger partial charge in [0.2, 0.25) is 0 Å². The van der Waals surface area contributed by atoms with E-state index in [4.69, 9.17) is 14.2 Å². The van der Waals surface area contributed by atoms with Crippen LogP contribution in [0.1, 0.15) is 56.6 Å². The Balaban J connectivity index is 1.38. The van der Waals surface area contributed by atoms with Crippen molar-refractivity contribution in [1.29, 1.82) is 0 Å². The van der Waals surface area contributed by atoms with Crippen LogP contribution < -0.4 is 10.1 Å². The van der Waals surface area contributed by atoms with Gasteiger partial charge in [-0.25, -0.2) is 4.79 Å². The summed E-state index contributed by atoms with van der Waals surface area (Å²) in [6, 6.07) is 17.5. The Morgan fingerprint density at radius 2 is 1.86 bits per heavy atom. The number of piperidine rings is 1. The van der Waals surface area contributed by atoms with Gasteiger partial charge in [0, 0.05) is 38.6 Å². The van der Waals surface area contributed by atoms with Crippen LogP contribution in [0.15, 0.2) is 54.6 Å². The Hall–Kier alpha value is -2.90. The standard InChI is InChI=1S/C30H38N2O5/c1-22(33)37-27-10-6-9-25(17-27)29-15-16-32(19-23-11-12-23)21-30(29,35-2)14-13-26(18-29)31-28(34)36-20-24-7-4-3-5-8-24/h3-10,17,23,26H,11-16,18-21H2,1-2H3,(H,31,34). The number of likely N-dealkylation sites (tertiary alicyclic amines) is 1. The summed E-state index contributed by atoms with van der Waals surface area (Å²) in [7, 11) is 1.83. The number of carbonyl (C=O) groups excluding carboxylic acids is 2. The molecular weight excluding hydrogens is 468 g/mol. The molecule has 2 saturated carbocycles. The maximum Gasteiger partial charge on any atom is 0.407 e. The molecular formula is C30H38N2O5. The van der Waals surface area contributed by atoms with E-state index in [9.17, 15) is 9.59 Å². The molecule has 37 heavy (non-hydrogen) atoms. The number of methoxy groups -OCH3 is 1. The van der Waals surface area contributed by atoms with Crippen LogP contribution in [0.3, 0.4) is 0 Å². The van der Waals surface area contributed by atoms with E-state index in [1.165, 1.54) is 19.8 Å². The van der Waals surface area contributed by atoms with E-state index in [-0.39, 0.29) is 29.6 Å². The molecule has 2 aromatic rings. The summed E-state index contributed by atoms with van der Waals surface area (Å²) in [6.07, 6.45) is 5.54. The van der Waals surface area contributed by atoms with Crippen molar-refractivity contribution < 1.29 is 23.8 Å². The second-order valence-corrected chi connectivity index (χ2v) is 11.0. The van der Waals surface area contributed by atoms with Gasteiger partial charge in [0.15, 0.2) is 0 Å². The van der Waals surface area contributed by atoms with Gasteiger partial charge in [0.1, 0.15) is 12.4 Å². The first-order valence-electron chi connectivity index (χ1n) is 13.5. The maximum atomic E-state index is 12.8. The molecule has 1 aliphatic heterocycles. The molecule has 1 amide bonds. The predicted molar refractivity (Wildman–Crippen MR) is 140 cm³/mol. The summed E-state index contributed by atoms with van der Waals surface area (Å²) in [5.41, 5.74) is 1.35. The number of alkyl carbamates (subject to hydrolysis) is 1. The highest BCUT2D eigenvalue weighted by Gasteiger charge is 2.59. The van der Waals surface area contributed by atoms with Gasteiger partial charge >= 0.3 is 12.1 Å². The largest absolute Gasteiger partial charge is 0.445 e. The summed E-state index contributed by atoms with van der Waals surface area (Å²) < 4.78 is 17.5. The van der Waals surface area contributed by atoms with Crippen molar-refractivity contribution in [2.24, 2.45) is 5.92 Å². The fourth-order valence-electron chi connectivity index (χ4n) is 6.49. The topological polar surface area (TPSA) is 77.1 Å². The molecule has 1 N–H and O–H groups in total. The highest BCUT2D eigenvalue weighted by atomic mass is 16.5. The van der Waals surface area contributed by atoms with E-state index < -0.39 is 6.09 Å². The van der Waals surface area contributed by atoms with Crippen LogP contribution in [0, 0.1) is 5.92 Å². The first-order valence-corrected chi connectivity index (χ1v) is 13.5. The zero-order valence-electron chi connectivity index (χ0n) is 21.9. The smallest absolute Gasteiger partial charge is 0.407 e. The molecule has 3 fully saturated rings. The van der Waals surface area contributed by atoms with Crippen LogP contribution in [0.25, 0.3) is 0 Å². The second-order valence-electron chi connectivity index (χ2n) is 11.0. The molecule has 0 spiro atoms. The SMILES string of the molecule is COC12CCC(NC(=O)OCc3ccccc3)CC1(c1cccc(OC(C)=O)c1)CCN(CC1CC1)C2. The molecule has 2 aromatic carbocycles. The van der Waals surface area contributed by atoms with E-state index in [1.54, 1.807) is 0 Å². The Morgan fingerprint density at radius 3 is 2.59 bits per heavy atom. The van der Waals surface area contributed by atoms with Crippen LogP contribution in [-0.2, 0) is 26.3 Å². The van der Waals surface area contributed by atoms with Gasteiger partial charge < -0.3 is 24.4 Å². The number of benzene rings is 2. The number of amides is 1. The third-order valence-electron chi connectivity index (χ3n) is 8.48. The molecule has 198 valence electrons. The zero-order valence-corrected chi connectivity index (χ0v) is 21.9. The van der Waals surface area contributed by atoms with Crippen LogP contribution in [0.4, 0.5) is 4.79 Å². The molecule has 2 aliphatic carbocycles. The number of rotatable bonds is 8. The van der Waals surface area contributed by atoms with Crippen molar-refractivity contribution in [3.63, 3.8) is 0 Å². The Bertz CT molecular complexity index is 1100. The number of nitrogens with one attached hydrogen (secondary N) is 1. The Labute approximate surface area is 219 Å². The number of fused-ring (bicyclic) bond motifs is 1. The molecule has 3 unspecified atom stereocenters. The van der Waals surface area contributed by atoms with Crippen LogP contribution >= 0.6 is 0 Å². The first-order chi connectivity index (χ1) is 17.9. The third-order valence-corrected chi connectivity index (χ3v) is 8.48. The van der Waals surface area contributed by atoms with Crippen molar-refractivity contribution in [2.75, 3.05) is 26.7 Å². The molecule has 0 radical (unpaired) electrons. The summed E-state index contributed by atoms with van der Waals surface area (Å²) in [6.45, 7) is 4.63. The first kappa shape index (κ1) is 25.7. The minimum Gasteiger partial charge on any atom is -0.445 e. The second kappa shape index (κ2) is 10.8. The molecule has 1 heterocycles. The maximum absolute atomic E-state index is 12.8. The van der Waals surface area contributed by atoms with E-state index in [1.807, 2.05) is 55.6 Å². The lowest BCUT2D eigenvalue weighted by Gasteiger charge is -2.60. The van der Waals surface area contributed by atoms with E-state index >= 15 is 0 Å². The highest BCUT2D eigenvalue weighted by Crippen LogP contribution is 2.54. The quantitative estimate of drug-likeness (QED) is 0.408. The Kier molecular flexibility index (Phi) is 7.54. The molecule has 1 saturated heterocycles. The van der Waals surface area contributed by atoms with Crippen molar-refractivity contribution in [2.45, 2.75) is 69.1 Å². The number of esters is 1. The summed E-state index contributed by atoms with van der Waals surface area (Å²) in [4.78, 5) is 27.0. The number of hydrogen-bond acceptors (Lipinski definition) is 6. The molecule has 7 heteroatoms. The lowest BCUT2D eigenvalue weighted by atomic mass is 9.55. The van der Waals surface area contributed by atoms with Crippen LogP contribution in [0.5, 0.6) is 5.75 Å². The normalized spacial score (nSPS) is 27.7. The number of hydrogen-bond donors (Lipinski definition) is 1. The van der Waals surface area contributed by atoms with Crippen LogP contribution in [0.2, 0.25) is 0 Å². The van der Waals surface area contributed by atoms with Gasteiger partial charge in [-0.2, -0.15) is 0 Å². The summed E-state index contributed by atoms with van der Waals surface area (Å²) >= 11 is 0. The van der Waals surface area contributed by atoms with E-state index in [2.05, 4.69) is 16.3 Å². The van der Waals surface area contributed by atoms with Gasteiger partial charge in [-0.15, -0.1) is 0 Å².